The van der Waals surface area contributed by atoms with Gasteiger partial charge in [-0.25, -0.2) is 9.37 Å². The fraction of sp³-hybridized carbons (Fsp3) is 0.308. The number of rotatable bonds is 7. The largest absolute Gasteiger partial charge is 0.349 e. The molecular weight excluding hydrogens is 217 g/mol. The highest BCUT2D eigenvalue weighted by Crippen LogP contribution is 2.18. The van der Waals surface area contributed by atoms with Gasteiger partial charge in [-0.2, -0.15) is 0 Å². The summed E-state index contributed by atoms with van der Waals surface area (Å²) in [6, 6.07) is 1.50. The van der Waals surface area contributed by atoms with Crippen molar-refractivity contribution >= 4 is 5.82 Å². The minimum Gasteiger partial charge on any atom is -0.349 e. The van der Waals surface area contributed by atoms with Crippen LogP contribution in [0.3, 0.4) is 0 Å². The average molecular weight is 235 g/mol. The summed E-state index contributed by atoms with van der Waals surface area (Å²) < 4.78 is 13.2. The first-order chi connectivity index (χ1) is 8.22. The summed E-state index contributed by atoms with van der Waals surface area (Å²) >= 11 is 0. The van der Waals surface area contributed by atoms with Crippen molar-refractivity contribution in [3.05, 3.63) is 49.0 Å². The van der Waals surface area contributed by atoms with Gasteiger partial charge in [0.2, 0.25) is 0 Å². The lowest BCUT2D eigenvalue weighted by Crippen LogP contribution is -2.26. The van der Waals surface area contributed by atoms with Crippen molar-refractivity contribution in [2.75, 3.05) is 25.0 Å². The van der Waals surface area contributed by atoms with Crippen molar-refractivity contribution in [1.82, 2.24) is 10.3 Å². The molecule has 0 aliphatic rings. The van der Waals surface area contributed by atoms with Crippen LogP contribution in [0.25, 0.3) is 0 Å². The molecule has 0 atom stereocenters. The molecule has 0 fully saturated rings. The molecule has 1 aromatic heterocycles. The van der Waals surface area contributed by atoms with Gasteiger partial charge in [-0.3, -0.25) is 0 Å². The predicted octanol–water partition coefficient (Wildman–Crippen LogP) is 2.12. The molecule has 92 valence electrons. The van der Waals surface area contributed by atoms with Crippen LogP contribution in [-0.4, -0.2) is 25.1 Å². The third-order valence-corrected chi connectivity index (χ3v) is 2.28. The fourth-order valence-electron chi connectivity index (χ4n) is 1.64. The van der Waals surface area contributed by atoms with Crippen molar-refractivity contribution < 1.29 is 4.39 Å². The Morgan fingerprint density at radius 3 is 2.59 bits per heavy atom. The first-order valence-corrected chi connectivity index (χ1v) is 5.48. The smallest absolute Gasteiger partial charge is 0.141 e. The molecule has 0 amide bonds. The molecule has 1 aromatic rings. The normalized spacial score (nSPS) is 10.0. The Bertz CT molecular complexity index is 380. The van der Waals surface area contributed by atoms with Crippen molar-refractivity contribution in [3.63, 3.8) is 0 Å². The van der Waals surface area contributed by atoms with E-state index in [1.165, 1.54) is 12.3 Å². The molecule has 1 rings (SSSR count). The molecule has 0 radical (unpaired) electrons. The highest BCUT2D eigenvalue weighted by Gasteiger charge is 2.11. The highest BCUT2D eigenvalue weighted by atomic mass is 19.1. The summed E-state index contributed by atoms with van der Waals surface area (Å²) in [5.74, 6) is 0.441. The molecule has 0 aromatic carbocycles. The summed E-state index contributed by atoms with van der Waals surface area (Å²) in [5.41, 5.74) is 0.830. The lowest BCUT2D eigenvalue weighted by molar-refractivity contribution is 0.615. The number of hydrogen-bond acceptors (Lipinski definition) is 3. The number of nitrogens with one attached hydrogen (secondary N) is 1. The molecular formula is C13H18FN3. The Kier molecular flexibility index (Phi) is 5.36. The van der Waals surface area contributed by atoms with E-state index in [-0.39, 0.29) is 5.82 Å². The Labute approximate surface area is 102 Å². The summed E-state index contributed by atoms with van der Waals surface area (Å²) in [7, 11) is 1.82. The van der Waals surface area contributed by atoms with E-state index < -0.39 is 0 Å². The Hall–Kier alpha value is -1.68. The number of nitrogens with zero attached hydrogens (tertiary/aromatic N) is 2. The monoisotopic (exact) mass is 235 g/mol. The van der Waals surface area contributed by atoms with E-state index in [0.29, 0.717) is 19.6 Å². The summed E-state index contributed by atoms with van der Waals surface area (Å²) in [6.45, 7) is 9.30. The van der Waals surface area contributed by atoms with Gasteiger partial charge in [-0.15, -0.1) is 13.2 Å². The lowest BCUT2D eigenvalue weighted by Gasteiger charge is -2.23. The van der Waals surface area contributed by atoms with E-state index >= 15 is 0 Å². The fourth-order valence-corrected chi connectivity index (χ4v) is 1.64. The summed E-state index contributed by atoms with van der Waals surface area (Å²) in [5, 5.41) is 3.01. The quantitative estimate of drug-likeness (QED) is 0.734. The second kappa shape index (κ2) is 6.81. The zero-order chi connectivity index (χ0) is 12.7. The second-order valence-electron chi connectivity index (χ2n) is 3.65. The van der Waals surface area contributed by atoms with E-state index in [4.69, 9.17) is 0 Å². The number of anilines is 1. The van der Waals surface area contributed by atoms with Crippen LogP contribution in [0.1, 0.15) is 5.56 Å². The lowest BCUT2D eigenvalue weighted by atomic mass is 10.2. The standard InChI is InChI=1S/C13H18FN3/c1-4-6-17(7-5-2)13-11(9-15-3)8-12(14)10-16-13/h4-5,8,10,15H,1-2,6-7,9H2,3H3. The molecule has 0 saturated heterocycles. The van der Waals surface area contributed by atoms with Crippen molar-refractivity contribution in [2.45, 2.75) is 6.54 Å². The Morgan fingerprint density at radius 2 is 2.06 bits per heavy atom. The second-order valence-corrected chi connectivity index (χ2v) is 3.65. The Balaban J connectivity index is 3.06. The van der Waals surface area contributed by atoms with Gasteiger partial charge in [-0.05, 0) is 13.1 Å². The van der Waals surface area contributed by atoms with Gasteiger partial charge in [0.15, 0.2) is 0 Å². The van der Waals surface area contributed by atoms with Crippen LogP contribution in [0.15, 0.2) is 37.6 Å². The molecule has 0 unspecified atom stereocenters. The number of pyridine rings is 1. The number of hydrogen-bond donors (Lipinski definition) is 1. The van der Waals surface area contributed by atoms with E-state index in [2.05, 4.69) is 23.5 Å². The van der Waals surface area contributed by atoms with Gasteiger partial charge in [0, 0.05) is 25.2 Å². The zero-order valence-corrected chi connectivity index (χ0v) is 10.1. The molecule has 1 N–H and O–H groups in total. The molecule has 4 heteroatoms. The van der Waals surface area contributed by atoms with E-state index in [1.54, 1.807) is 12.2 Å². The van der Waals surface area contributed by atoms with Crippen molar-refractivity contribution in [1.29, 1.82) is 0 Å². The molecule has 0 aliphatic heterocycles. The molecule has 0 saturated carbocycles. The molecule has 17 heavy (non-hydrogen) atoms. The molecule has 1 heterocycles. The third-order valence-electron chi connectivity index (χ3n) is 2.28. The molecule has 0 spiro atoms. The van der Waals surface area contributed by atoms with Crippen LogP contribution >= 0.6 is 0 Å². The maximum absolute atomic E-state index is 13.2. The maximum atomic E-state index is 13.2. The van der Waals surface area contributed by atoms with Crippen LogP contribution in [-0.2, 0) is 6.54 Å². The Morgan fingerprint density at radius 1 is 1.41 bits per heavy atom. The van der Waals surface area contributed by atoms with E-state index in [1.807, 2.05) is 11.9 Å². The van der Waals surface area contributed by atoms with Gasteiger partial charge in [0.25, 0.3) is 0 Å². The molecule has 0 aliphatic carbocycles. The van der Waals surface area contributed by atoms with E-state index in [0.717, 1.165) is 11.4 Å². The summed E-state index contributed by atoms with van der Waals surface area (Å²) in [4.78, 5) is 6.14. The molecule has 3 nitrogen and oxygen atoms in total. The number of halogens is 1. The minimum absolute atomic E-state index is 0.323. The van der Waals surface area contributed by atoms with Crippen LogP contribution in [0.5, 0.6) is 0 Å². The number of aromatic nitrogens is 1. The third kappa shape index (κ3) is 3.67. The van der Waals surface area contributed by atoms with Crippen LogP contribution < -0.4 is 10.2 Å². The van der Waals surface area contributed by atoms with E-state index in [9.17, 15) is 4.39 Å². The van der Waals surface area contributed by atoms with Crippen LogP contribution in [0.4, 0.5) is 10.2 Å². The zero-order valence-electron chi connectivity index (χ0n) is 10.1. The first kappa shape index (κ1) is 13.4. The maximum Gasteiger partial charge on any atom is 0.141 e. The first-order valence-electron chi connectivity index (χ1n) is 5.48. The molecule has 0 bridgehead atoms. The van der Waals surface area contributed by atoms with Crippen molar-refractivity contribution in [2.24, 2.45) is 0 Å². The SMILES string of the molecule is C=CCN(CC=C)c1ncc(F)cc1CNC. The summed E-state index contributed by atoms with van der Waals surface area (Å²) in [6.07, 6.45) is 4.81. The minimum atomic E-state index is -0.323. The highest BCUT2D eigenvalue weighted by molar-refractivity contribution is 5.48. The van der Waals surface area contributed by atoms with Crippen LogP contribution in [0, 0.1) is 5.82 Å². The van der Waals surface area contributed by atoms with Gasteiger partial charge in [-0.1, -0.05) is 12.2 Å². The van der Waals surface area contributed by atoms with Gasteiger partial charge in [0.05, 0.1) is 6.20 Å². The van der Waals surface area contributed by atoms with Gasteiger partial charge in [0.1, 0.15) is 11.6 Å². The van der Waals surface area contributed by atoms with Gasteiger partial charge < -0.3 is 10.2 Å². The van der Waals surface area contributed by atoms with Crippen LogP contribution in [0.2, 0.25) is 0 Å². The van der Waals surface area contributed by atoms with Crippen molar-refractivity contribution in [3.8, 4) is 0 Å². The van der Waals surface area contributed by atoms with Gasteiger partial charge >= 0.3 is 0 Å². The average Bonchev–Trinajstić information content (AvgIpc) is 2.30. The topological polar surface area (TPSA) is 28.2 Å². The predicted molar refractivity (Wildman–Crippen MR) is 69.6 cm³/mol.